The Morgan fingerprint density at radius 3 is 3.12 bits per heavy atom. The van der Waals surface area contributed by atoms with E-state index in [2.05, 4.69) is 17.9 Å². The molecule has 1 heterocycles. The van der Waals surface area contributed by atoms with E-state index in [4.69, 9.17) is 4.74 Å². The molecule has 1 unspecified atom stereocenters. The standard InChI is InChI=1S/C12H16N2O2S/c1-16-10-4-2-3-9(7-10)11-8-14(5-6-17)12(15)13-11/h2-4,7,11,17H,5-6,8H2,1H3,(H,13,15). The lowest BCUT2D eigenvalue weighted by Crippen LogP contribution is -2.29. The van der Waals surface area contributed by atoms with E-state index in [1.54, 1.807) is 12.0 Å². The van der Waals surface area contributed by atoms with Crippen molar-refractivity contribution in [1.29, 1.82) is 0 Å². The molecule has 1 saturated heterocycles. The van der Waals surface area contributed by atoms with Gasteiger partial charge in [0, 0.05) is 18.8 Å². The van der Waals surface area contributed by atoms with Crippen LogP contribution in [-0.4, -0.2) is 36.9 Å². The summed E-state index contributed by atoms with van der Waals surface area (Å²) in [5.41, 5.74) is 1.07. The predicted molar refractivity (Wildman–Crippen MR) is 69.7 cm³/mol. The third kappa shape index (κ3) is 2.66. The van der Waals surface area contributed by atoms with Gasteiger partial charge in [-0.05, 0) is 17.7 Å². The van der Waals surface area contributed by atoms with Gasteiger partial charge < -0.3 is 15.0 Å². The van der Waals surface area contributed by atoms with Crippen LogP contribution in [0.25, 0.3) is 0 Å². The van der Waals surface area contributed by atoms with Crippen LogP contribution >= 0.6 is 12.6 Å². The van der Waals surface area contributed by atoms with E-state index >= 15 is 0 Å². The fourth-order valence-electron chi connectivity index (χ4n) is 1.95. The molecule has 1 fully saturated rings. The number of amides is 2. The van der Waals surface area contributed by atoms with E-state index < -0.39 is 0 Å². The largest absolute Gasteiger partial charge is 0.497 e. The first-order valence-corrected chi connectivity index (χ1v) is 6.18. The van der Waals surface area contributed by atoms with E-state index in [1.165, 1.54) is 0 Å². The van der Waals surface area contributed by atoms with E-state index in [1.807, 2.05) is 24.3 Å². The van der Waals surface area contributed by atoms with Gasteiger partial charge >= 0.3 is 6.03 Å². The van der Waals surface area contributed by atoms with E-state index in [0.717, 1.165) is 11.3 Å². The Labute approximate surface area is 106 Å². The molecule has 0 aromatic heterocycles. The monoisotopic (exact) mass is 252 g/mol. The van der Waals surface area contributed by atoms with Crippen LogP contribution in [0.15, 0.2) is 24.3 Å². The minimum atomic E-state index is -0.0214. The Balaban J connectivity index is 2.11. The zero-order valence-corrected chi connectivity index (χ0v) is 10.6. The number of methoxy groups -OCH3 is 1. The Kier molecular flexibility index (Phi) is 3.78. The van der Waals surface area contributed by atoms with Gasteiger partial charge in [-0.2, -0.15) is 12.6 Å². The van der Waals surface area contributed by atoms with Crippen molar-refractivity contribution in [3.63, 3.8) is 0 Å². The summed E-state index contributed by atoms with van der Waals surface area (Å²) in [6, 6.07) is 7.80. The zero-order chi connectivity index (χ0) is 12.3. The fourth-order valence-corrected chi connectivity index (χ4v) is 2.19. The third-order valence-corrected chi connectivity index (χ3v) is 3.05. The fraction of sp³-hybridized carbons (Fsp3) is 0.417. The lowest BCUT2D eigenvalue weighted by molar-refractivity contribution is 0.220. The van der Waals surface area contributed by atoms with E-state index in [-0.39, 0.29) is 12.1 Å². The summed E-state index contributed by atoms with van der Waals surface area (Å²) in [5, 5.41) is 2.95. The van der Waals surface area contributed by atoms with Crippen LogP contribution in [0.1, 0.15) is 11.6 Å². The van der Waals surface area contributed by atoms with Crippen molar-refractivity contribution in [3.8, 4) is 5.75 Å². The molecule has 5 heteroatoms. The number of nitrogens with one attached hydrogen (secondary N) is 1. The zero-order valence-electron chi connectivity index (χ0n) is 9.72. The summed E-state index contributed by atoms with van der Waals surface area (Å²) in [6.45, 7) is 1.36. The van der Waals surface area contributed by atoms with Crippen molar-refractivity contribution in [2.24, 2.45) is 0 Å². The molecule has 17 heavy (non-hydrogen) atoms. The van der Waals surface area contributed by atoms with Gasteiger partial charge in [0.1, 0.15) is 5.75 Å². The second-order valence-corrected chi connectivity index (χ2v) is 4.40. The number of benzene rings is 1. The highest BCUT2D eigenvalue weighted by Gasteiger charge is 2.29. The Bertz CT molecular complexity index is 411. The van der Waals surface area contributed by atoms with Crippen molar-refractivity contribution >= 4 is 18.7 Å². The number of hydrogen-bond donors (Lipinski definition) is 2. The number of rotatable bonds is 4. The summed E-state index contributed by atoms with van der Waals surface area (Å²) >= 11 is 4.14. The van der Waals surface area contributed by atoms with Gasteiger partial charge in [0.25, 0.3) is 0 Å². The highest BCUT2D eigenvalue weighted by Crippen LogP contribution is 2.23. The van der Waals surface area contributed by atoms with Gasteiger partial charge in [-0.3, -0.25) is 0 Å². The Morgan fingerprint density at radius 2 is 2.41 bits per heavy atom. The molecule has 0 saturated carbocycles. The summed E-state index contributed by atoms with van der Waals surface area (Å²) < 4.78 is 5.18. The first-order valence-electron chi connectivity index (χ1n) is 5.55. The number of nitrogens with zero attached hydrogens (tertiary/aromatic N) is 1. The number of ether oxygens (including phenoxy) is 1. The molecule has 1 N–H and O–H groups in total. The molecule has 1 aliphatic heterocycles. The smallest absolute Gasteiger partial charge is 0.318 e. The molecule has 0 bridgehead atoms. The number of hydrogen-bond acceptors (Lipinski definition) is 3. The molecule has 2 amide bonds. The topological polar surface area (TPSA) is 41.6 Å². The van der Waals surface area contributed by atoms with Gasteiger partial charge in [-0.1, -0.05) is 12.1 Å². The first kappa shape index (κ1) is 12.1. The maximum Gasteiger partial charge on any atom is 0.318 e. The molecule has 0 spiro atoms. The highest BCUT2D eigenvalue weighted by atomic mass is 32.1. The molecule has 0 radical (unpaired) electrons. The van der Waals surface area contributed by atoms with Crippen LogP contribution in [0, 0.1) is 0 Å². The van der Waals surface area contributed by atoms with Crippen LogP contribution in [0.3, 0.4) is 0 Å². The quantitative estimate of drug-likeness (QED) is 0.801. The first-order chi connectivity index (χ1) is 8.24. The van der Waals surface area contributed by atoms with Crippen molar-refractivity contribution < 1.29 is 9.53 Å². The molecule has 1 aliphatic rings. The molecule has 2 rings (SSSR count). The average molecular weight is 252 g/mol. The van der Waals surface area contributed by atoms with Gasteiger partial charge in [-0.15, -0.1) is 0 Å². The van der Waals surface area contributed by atoms with Gasteiger partial charge in [-0.25, -0.2) is 4.79 Å². The normalized spacial score (nSPS) is 19.3. The molecular formula is C12H16N2O2S. The van der Waals surface area contributed by atoms with Crippen molar-refractivity contribution in [1.82, 2.24) is 10.2 Å². The molecule has 92 valence electrons. The number of carbonyl (C=O) groups is 1. The molecule has 4 nitrogen and oxygen atoms in total. The van der Waals surface area contributed by atoms with Crippen molar-refractivity contribution in [2.45, 2.75) is 6.04 Å². The SMILES string of the molecule is COc1cccc(C2CN(CCS)C(=O)N2)c1. The lowest BCUT2D eigenvalue weighted by atomic mass is 10.1. The van der Waals surface area contributed by atoms with Crippen LogP contribution in [0.2, 0.25) is 0 Å². The molecular weight excluding hydrogens is 236 g/mol. The molecule has 1 atom stereocenters. The molecule has 1 aromatic carbocycles. The maximum atomic E-state index is 11.7. The Hall–Kier alpha value is -1.36. The predicted octanol–water partition coefficient (Wildman–Crippen LogP) is 1.69. The maximum absolute atomic E-state index is 11.7. The third-order valence-electron chi connectivity index (χ3n) is 2.85. The Morgan fingerprint density at radius 1 is 1.59 bits per heavy atom. The van der Waals surface area contributed by atoms with Gasteiger partial charge in [0.2, 0.25) is 0 Å². The number of carbonyl (C=O) groups excluding carboxylic acids is 1. The second-order valence-electron chi connectivity index (χ2n) is 3.95. The number of urea groups is 1. The van der Waals surface area contributed by atoms with E-state index in [0.29, 0.717) is 18.8 Å². The van der Waals surface area contributed by atoms with Crippen LogP contribution in [-0.2, 0) is 0 Å². The summed E-state index contributed by atoms with van der Waals surface area (Å²) in [4.78, 5) is 13.4. The summed E-state index contributed by atoms with van der Waals surface area (Å²) in [5.74, 6) is 1.49. The minimum Gasteiger partial charge on any atom is -0.497 e. The lowest BCUT2D eigenvalue weighted by Gasteiger charge is -2.13. The second kappa shape index (κ2) is 5.31. The van der Waals surface area contributed by atoms with Crippen LogP contribution < -0.4 is 10.1 Å². The average Bonchev–Trinajstić information content (AvgIpc) is 2.72. The van der Waals surface area contributed by atoms with Crippen LogP contribution in [0.4, 0.5) is 4.79 Å². The van der Waals surface area contributed by atoms with Crippen molar-refractivity contribution in [2.75, 3.05) is 26.0 Å². The van der Waals surface area contributed by atoms with E-state index in [9.17, 15) is 4.79 Å². The molecule has 0 aliphatic carbocycles. The summed E-state index contributed by atoms with van der Waals surface area (Å²) in [6.07, 6.45) is 0. The molecule has 1 aromatic rings. The minimum absolute atomic E-state index is 0.0214. The highest BCUT2D eigenvalue weighted by molar-refractivity contribution is 7.80. The van der Waals surface area contributed by atoms with Gasteiger partial charge in [0.05, 0.1) is 13.2 Å². The van der Waals surface area contributed by atoms with Crippen molar-refractivity contribution in [3.05, 3.63) is 29.8 Å². The van der Waals surface area contributed by atoms with Gasteiger partial charge in [0.15, 0.2) is 0 Å². The summed E-state index contributed by atoms with van der Waals surface area (Å²) in [7, 11) is 1.64. The van der Waals surface area contributed by atoms with Crippen LogP contribution in [0.5, 0.6) is 5.75 Å². The number of thiol groups is 1.